The van der Waals surface area contributed by atoms with Crippen molar-refractivity contribution in [3.63, 3.8) is 0 Å². The third-order valence-electron chi connectivity index (χ3n) is 2.42. The molecule has 0 rings (SSSR count). The van der Waals surface area contributed by atoms with E-state index >= 15 is 0 Å². The van der Waals surface area contributed by atoms with E-state index in [2.05, 4.69) is 5.32 Å². The number of hydrogen-bond acceptors (Lipinski definition) is 3. The van der Waals surface area contributed by atoms with Crippen LogP contribution in [-0.2, 0) is 4.79 Å². The number of aliphatic hydroxyl groups is 1. The summed E-state index contributed by atoms with van der Waals surface area (Å²) in [6.45, 7) is 3.53. The highest BCUT2D eigenvalue weighted by atomic mass is 16.2. The van der Waals surface area contributed by atoms with E-state index < -0.39 is 0 Å². The monoisotopic (exact) mass is 216 g/mol. The molecule has 0 bridgehead atoms. The number of nitrogens with two attached hydrogens (primary N) is 1. The minimum atomic E-state index is 0.0615. The maximum Gasteiger partial charge on any atom is 0.222 e. The highest BCUT2D eigenvalue weighted by Crippen LogP contribution is 2.04. The van der Waals surface area contributed by atoms with E-state index in [4.69, 9.17) is 10.8 Å². The lowest BCUT2D eigenvalue weighted by Gasteiger charge is -2.11. The molecule has 0 aliphatic rings. The average molecular weight is 216 g/mol. The maximum absolute atomic E-state index is 11.5. The second-order valence-electron chi connectivity index (χ2n) is 3.91. The molecule has 1 atom stereocenters. The first kappa shape index (κ1) is 14.4. The molecule has 4 nitrogen and oxygen atoms in total. The molecule has 15 heavy (non-hydrogen) atoms. The average Bonchev–Trinajstić information content (AvgIpc) is 2.25. The number of aliphatic hydroxyl groups excluding tert-OH is 1. The Hall–Kier alpha value is -0.610. The molecule has 0 fully saturated rings. The summed E-state index contributed by atoms with van der Waals surface area (Å²) in [5.41, 5.74) is 5.38. The number of carbonyl (C=O) groups is 1. The molecule has 1 amide bonds. The van der Waals surface area contributed by atoms with Crippen molar-refractivity contribution in [2.24, 2.45) is 11.7 Å². The van der Waals surface area contributed by atoms with Gasteiger partial charge in [-0.25, -0.2) is 0 Å². The SMILES string of the molecule is CC(CCCN)C(=O)NCCCCCO. The van der Waals surface area contributed by atoms with Crippen molar-refractivity contribution >= 4 is 5.91 Å². The van der Waals surface area contributed by atoms with Crippen LogP contribution < -0.4 is 11.1 Å². The van der Waals surface area contributed by atoms with E-state index in [0.717, 1.165) is 32.1 Å². The van der Waals surface area contributed by atoms with Crippen molar-refractivity contribution in [2.45, 2.75) is 39.0 Å². The fraction of sp³-hybridized carbons (Fsp3) is 0.909. The Morgan fingerprint density at radius 2 is 2.07 bits per heavy atom. The predicted molar refractivity (Wildman–Crippen MR) is 61.4 cm³/mol. The topological polar surface area (TPSA) is 75.4 Å². The van der Waals surface area contributed by atoms with Crippen LogP contribution in [0.15, 0.2) is 0 Å². The minimum Gasteiger partial charge on any atom is -0.396 e. The summed E-state index contributed by atoms with van der Waals surface area (Å²) in [6, 6.07) is 0. The molecule has 0 aliphatic carbocycles. The number of hydrogen-bond donors (Lipinski definition) is 3. The van der Waals surface area contributed by atoms with E-state index in [1.54, 1.807) is 0 Å². The van der Waals surface area contributed by atoms with Gasteiger partial charge in [0.05, 0.1) is 0 Å². The van der Waals surface area contributed by atoms with Crippen LogP contribution in [-0.4, -0.2) is 30.7 Å². The third kappa shape index (κ3) is 8.39. The van der Waals surface area contributed by atoms with Crippen LogP contribution in [0.5, 0.6) is 0 Å². The summed E-state index contributed by atoms with van der Waals surface area (Å²) >= 11 is 0. The van der Waals surface area contributed by atoms with E-state index in [1.807, 2.05) is 6.92 Å². The number of rotatable bonds is 9. The Morgan fingerprint density at radius 3 is 2.67 bits per heavy atom. The van der Waals surface area contributed by atoms with E-state index in [-0.39, 0.29) is 18.4 Å². The van der Waals surface area contributed by atoms with Gasteiger partial charge in [-0.2, -0.15) is 0 Å². The number of nitrogens with one attached hydrogen (secondary N) is 1. The molecule has 0 heterocycles. The zero-order chi connectivity index (χ0) is 11.5. The fourth-order valence-corrected chi connectivity index (χ4v) is 1.35. The van der Waals surface area contributed by atoms with Crippen molar-refractivity contribution in [1.82, 2.24) is 5.32 Å². The molecule has 4 heteroatoms. The quantitative estimate of drug-likeness (QED) is 0.495. The lowest BCUT2D eigenvalue weighted by molar-refractivity contribution is -0.124. The van der Waals surface area contributed by atoms with Crippen LogP contribution in [0.25, 0.3) is 0 Å². The van der Waals surface area contributed by atoms with E-state index in [9.17, 15) is 4.79 Å². The van der Waals surface area contributed by atoms with Crippen molar-refractivity contribution in [2.75, 3.05) is 19.7 Å². The van der Waals surface area contributed by atoms with Gasteiger partial charge in [0, 0.05) is 19.1 Å². The molecular formula is C11H24N2O2. The lowest BCUT2D eigenvalue weighted by atomic mass is 10.0. The summed E-state index contributed by atoms with van der Waals surface area (Å²) < 4.78 is 0. The maximum atomic E-state index is 11.5. The number of carbonyl (C=O) groups excluding carboxylic acids is 1. The lowest BCUT2D eigenvalue weighted by Crippen LogP contribution is -2.30. The van der Waals surface area contributed by atoms with Gasteiger partial charge >= 0.3 is 0 Å². The molecule has 90 valence electrons. The van der Waals surface area contributed by atoms with E-state index in [0.29, 0.717) is 13.1 Å². The zero-order valence-corrected chi connectivity index (χ0v) is 9.67. The summed E-state index contributed by atoms with van der Waals surface area (Å²) in [5.74, 6) is 0.179. The first-order chi connectivity index (χ1) is 7.22. The van der Waals surface area contributed by atoms with E-state index in [1.165, 1.54) is 0 Å². The molecule has 0 aromatic heterocycles. The molecule has 0 spiro atoms. The van der Waals surface area contributed by atoms with Crippen molar-refractivity contribution < 1.29 is 9.90 Å². The Bertz CT molecular complexity index is 163. The van der Waals surface area contributed by atoms with Crippen LogP contribution in [0.3, 0.4) is 0 Å². The highest BCUT2D eigenvalue weighted by Gasteiger charge is 2.10. The molecule has 0 aromatic carbocycles. The Balaban J connectivity index is 3.38. The summed E-state index contributed by atoms with van der Waals surface area (Å²) in [7, 11) is 0. The molecule has 0 aromatic rings. The molecule has 0 saturated heterocycles. The number of unbranched alkanes of at least 4 members (excludes halogenated alkanes) is 2. The molecule has 1 unspecified atom stereocenters. The van der Waals surface area contributed by atoms with Gasteiger partial charge < -0.3 is 16.2 Å². The van der Waals surface area contributed by atoms with Crippen molar-refractivity contribution in [3.8, 4) is 0 Å². The first-order valence-electron chi connectivity index (χ1n) is 5.81. The van der Waals surface area contributed by atoms with Crippen LogP contribution in [0.1, 0.15) is 39.0 Å². The standard InChI is InChI=1S/C11H24N2O2/c1-10(6-5-7-12)11(15)13-8-3-2-4-9-14/h10,14H,2-9,12H2,1H3,(H,13,15). The summed E-state index contributed by atoms with van der Waals surface area (Å²) in [5, 5.41) is 11.4. The van der Waals surface area contributed by atoms with Gasteiger partial charge in [-0.3, -0.25) is 4.79 Å². The van der Waals surface area contributed by atoms with Gasteiger partial charge in [0.2, 0.25) is 5.91 Å². The van der Waals surface area contributed by atoms with Gasteiger partial charge in [0.1, 0.15) is 0 Å². The normalized spacial score (nSPS) is 12.5. The first-order valence-corrected chi connectivity index (χ1v) is 5.81. The van der Waals surface area contributed by atoms with Crippen LogP contribution in [0.4, 0.5) is 0 Å². The molecule has 4 N–H and O–H groups in total. The molecular weight excluding hydrogens is 192 g/mol. The van der Waals surface area contributed by atoms with Gasteiger partial charge in [-0.1, -0.05) is 6.92 Å². The molecule has 0 saturated carbocycles. The molecule has 0 radical (unpaired) electrons. The molecule has 0 aliphatic heterocycles. The van der Waals surface area contributed by atoms with Gasteiger partial charge in [-0.15, -0.1) is 0 Å². The second-order valence-corrected chi connectivity index (χ2v) is 3.91. The van der Waals surface area contributed by atoms with Crippen LogP contribution in [0, 0.1) is 5.92 Å². The van der Waals surface area contributed by atoms with Gasteiger partial charge in [0.25, 0.3) is 0 Å². The number of amides is 1. The van der Waals surface area contributed by atoms with Crippen molar-refractivity contribution in [3.05, 3.63) is 0 Å². The summed E-state index contributed by atoms with van der Waals surface area (Å²) in [4.78, 5) is 11.5. The zero-order valence-electron chi connectivity index (χ0n) is 9.67. The van der Waals surface area contributed by atoms with Gasteiger partial charge in [0.15, 0.2) is 0 Å². The largest absolute Gasteiger partial charge is 0.396 e. The third-order valence-corrected chi connectivity index (χ3v) is 2.42. The predicted octanol–water partition coefficient (Wildman–Crippen LogP) is 0.640. The fourth-order valence-electron chi connectivity index (χ4n) is 1.35. The summed E-state index contributed by atoms with van der Waals surface area (Å²) in [6.07, 6.45) is 4.49. The minimum absolute atomic E-state index is 0.0615. The second kappa shape index (κ2) is 9.93. The Kier molecular flexibility index (Phi) is 9.52. The van der Waals surface area contributed by atoms with Crippen molar-refractivity contribution in [1.29, 1.82) is 0 Å². The Labute approximate surface area is 92.2 Å². The van der Waals surface area contributed by atoms with Crippen LogP contribution >= 0.6 is 0 Å². The smallest absolute Gasteiger partial charge is 0.222 e. The highest BCUT2D eigenvalue weighted by molar-refractivity contribution is 5.78. The Morgan fingerprint density at radius 1 is 1.33 bits per heavy atom. The van der Waals surface area contributed by atoms with Gasteiger partial charge in [-0.05, 0) is 38.6 Å². The van der Waals surface area contributed by atoms with Crippen LogP contribution in [0.2, 0.25) is 0 Å².